The number of hydrogen-bond donors (Lipinski definition) is 0. The molecule has 1 aliphatic carbocycles. The zero-order chi connectivity index (χ0) is 17.1. The number of ketones is 1. The van der Waals surface area contributed by atoms with Crippen molar-refractivity contribution in [3.05, 3.63) is 23.7 Å². The molecule has 0 spiro atoms. The Balaban J connectivity index is 0.00000168. The Bertz CT molecular complexity index is 838. The smallest absolute Gasteiger partial charge is 0.168 e. The number of hydrogen-bond acceptors (Lipinski definition) is 4. The summed E-state index contributed by atoms with van der Waals surface area (Å²) in [6, 6.07) is 0. The van der Waals surface area contributed by atoms with E-state index < -0.39 is 0 Å². The molecule has 2 bridgehead atoms. The maximum Gasteiger partial charge on any atom is 0.168 e. The lowest BCUT2D eigenvalue weighted by Gasteiger charge is -2.47. The van der Waals surface area contributed by atoms with E-state index >= 15 is 0 Å². The molecular weight excluding hydrogens is 348 g/mol. The van der Waals surface area contributed by atoms with E-state index in [1.165, 1.54) is 25.9 Å². The monoisotopic (exact) mass is 374 g/mol. The van der Waals surface area contributed by atoms with Gasteiger partial charge in [-0.2, -0.15) is 5.10 Å². The number of Topliss-reactive ketones (excluding diaryl/α,β-unsaturated/α-hetero) is 1. The van der Waals surface area contributed by atoms with Crippen LogP contribution >= 0.6 is 12.4 Å². The maximum atomic E-state index is 13.3. The van der Waals surface area contributed by atoms with Crippen molar-refractivity contribution in [3.63, 3.8) is 0 Å². The summed E-state index contributed by atoms with van der Waals surface area (Å²) in [5.74, 6) is 2.14. The molecule has 2 aromatic rings. The zero-order valence-electron chi connectivity index (χ0n) is 15.5. The average Bonchev–Trinajstić information content (AvgIpc) is 2.97. The second kappa shape index (κ2) is 6.61. The average molecular weight is 375 g/mol. The number of rotatable bonds is 3. The molecule has 3 aliphatic heterocycles. The molecule has 6 heteroatoms. The highest BCUT2D eigenvalue weighted by atomic mass is 35.5. The van der Waals surface area contributed by atoms with E-state index in [0.29, 0.717) is 23.5 Å². The summed E-state index contributed by atoms with van der Waals surface area (Å²) in [6.07, 6.45) is 6.98. The van der Waals surface area contributed by atoms with Gasteiger partial charge in [-0.3, -0.25) is 14.5 Å². The first-order valence-electron chi connectivity index (χ1n) is 9.71. The molecule has 5 heterocycles. The van der Waals surface area contributed by atoms with Crippen LogP contribution in [0.25, 0.3) is 10.9 Å². The van der Waals surface area contributed by atoms with Crippen LogP contribution in [0.4, 0.5) is 0 Å². The third kappa shape index (κ3) is 2.67. The van der Waals surface area contributed by atoms with E-state index in [-0.39, 0.29) is 18.3 Å². The van der Waals surface area contributed by atoms with Gasteiger partial charge in [-0.1, -0.05) is 13.8 Å². The Labute approximate surface area is 160 Å². The second-order valence-corrected chi connectivity index (χ2v) is 8.58. The van der Waals surface area contributed by atoms with Crippen molar-refractivity contribution in [1.82, 2.24) is 19.7 Å². The molecular formula is C20H27ClN4O. The van der Waals surface area contributed by atoms with E-state index in [4.69, 9.17) is 5.10 Å². The van der Waals surface area contributed by atoms with Crippen LogP contribution in [0, 0.1) is 23.7 Å². The minimum atomic E-state index is 0. The summed E-state index contributed by atoms with van der Waals surface area (Å²) in [7, 11) is 0. The van der Waals surface area contributed by atoms with Gasteiger partial charge >= 0.3 is 0 Å². The molecule has 3 saturated heterocycles. The van der Waals surface area contributed by atoms with Gasteiger partial charge in [-0.15, -0.1) is 12.4 Å². The fourth-order valence-corrected chi connectivity index (χ4v) is 5.33. The highest BCUT2D eigenvalue weighted by Gasteiger charge is 2.44. The van der Waals surface area contributed by atoms with Gasteiger partial charge in [0.15, 0.2) is 5.78 Å². The molecule has 4 aliphatic rings. The molecule has 26 heavy (non-hydrogen) atoms. The molecule has 2 atom stereocenters. The van der Waals surface area contributed by atoms with Crippen LogP contribution in [0.1, 0.15) is 42.7 Å². The van der Waals surface area contributed by atoms with Crippen LogP contribution in [0.3, 0.4) is 0 Å². The molecule has 3 fully saturated rings. The predicted octanol–water partition coefficient (Wildman–Crippen LogP) is 3.21. The lowest BCUT2D eigenvalue weighted by atomic mass is 9.67. The topological polar surface area (TPSA) is 51.0 Å². The van der Waals surface area contributed by atoms with Crippen molar-refractivity contribution in [2.75, 3.05) is 19.6 Å². The number of fused-ring (bicyclic) bond motifs is 3. The first-order valence-corrected chi connectivity index (χ1v) is 9.71. The second-order valence-electron chi connectivity index (χ2n) is 8.58. The minimum absolute atomic E-state index is 0. The van der Waals surface area contributed by atoms with E-state index in [1.54, 1.807) is 6.20 Å². The molecule has 0 radical (unpaired) electrons. The zero-order valence-corrected chi connectivity index (χ0v) is 16.3. The van der Waals surface area contributed by atoms with Crippen molar-refractivity contribution in [3.8, 4) is 0 Å². The molecule has 0 amide bonds. The molecule has 1 unspecified atom stereocenters. The predicted molar refractivity (Wildman–Crippen MR) is 104 cm³/mol. The Morgan fingerprint density at radius 2 is 2.00 bits per heavy atom. The quantitative estimate of drug-likeness (QED) is 0.827. The first kappa shape index (κ1) is 17.9. The summed E-state index contributed by atoms with van der Waals surface area (Å²) in [6.45, 7) is 8.80. The van der Waals surface area contributed by atoms with Crippen LogP contribution in [-0.4, -0.2) is 45.1 Å². The summed E-state index contributed by atoms with van der Waals surface area (Å²) in [4.78, 5) is 20.2. The van der Waals surface area contributed by atoms with Gasteiger partial charge in [0, 0.05) is 42.6 Å². The van der Waals surface area contributed by atoms with Crippen LogP contribution in [0.15, 0.2) is 12.4 Å². The standard InChI is InChI=1S/C20H26N4O.ClH/c1-12(2)10-24-18-9-21-8-15-19(18)17(22-24)7-14(20(15)25)16-11-23-5-3-13(16)4-6-23;/h8-9,12-14,16H,3-7,10-11H2,1-2H3;1H/t14-,16?;/m0./s1. The van der Waals surface area contributed by atoms with Crippen molar-refractivity contribution in [2.24, 2.45) is 23.7 Å². The van der Waals surface area contributed by atoms with Gasteiger partial charge in [0.05, 0.1) is 17.4 Å². The van der Waals surface area contributed by atoms with Crippen LogP contribution in [0.2, 0.25) is 0 Å². The van der Waals surface area contributed by atoms with Gasteiger partial charge in [0.25, 0.3) is 0 Å². The molecule has 5 nitrogen and oxygen atoms in total. The molecule has 140 valence electrons. The molecule has 6 rings (SSSR count). The number of carbonyl (C=O) groups is 1. The number of carbonyl (C=O) groups excluding carboxylic acids is 1. The third-order valence-corrected chi connectivity index (χ3v) is 6.51. The van der Waals surface area contributed by atoms with Crippen molar-refractivity contribution in [1.29, 1.82) is 0 Å². The Kier molecular flexibility index (Phi) is 4.56. The molecule has 0 aromatic carbocycles. The number of pyridine rings is 1. The van der Waals surface area contributed by atoms with Gasteiger partial charge in [-0.25, -0.2) is 0 Å². The fraction of sp³-hybridized carbons (Fsp3) is 0.650. The van der Waals surface area contributed by atoms with Crippen LogP contribution in [-0.2, 0) is 13.0 Å². The highest BCUT2D eigenvalue weighted by Crippen LogP contribution is 2.42. The molecule has 0 saturated carbocycles. The number of nitrogens with zero attached hydrogens (tertiary/aromatic N) is 4. The Morgan fingerprint density at radius 3 is 2.65 bits per heavy atom. The minimum Gasteiger partial charge on any atom is -0.303 e. The normalized spacial score (nSPS) is 30.0. The number of piperidine rings is 3. The Hall–Kier alpha value is -1.46. The number of halogens is 1. The summed E-state index contributed by atoms with van der Waals surface area (Å²) >= 11 is 0. The van der Waals surface area contributed by atoms with E-state index in [2.05, 4.69) is 28.4 Å². The lowest BCUT2D eigenvalue weighted by Crippen LogP contribution is -2.51. The van der Waals surface area contributed by atoms with Crippen molar-refractivity contribution in [2.45, 2.75) is 39.7 Å². The van der Waals surface area contributed by atoms with Crippen molar-refractivity contribution < 1.29 is 4.79 Å². The first-order chi connectivity index (χ1) is 12.1. The van der Waals surface area contributed by atoms with E-state index in [0.717, 1.165) is 41.7 Å². The highest BCUT2D eigenvalue weighted by molar-refractivity contribution is 6.11. The third-order valence-electron chi connectivity index (χ3n) is 6.51. The fourth-order valence-electron chi connectivity index (χ4n) is 5.33. The van der Waals surface area contributed by atoms with Gasteiger partial charge in [-0.05, 0) is 43.7 Å². The molecule has 0 N–H and O–H groups in total. The van der Waals surface area contributed by atoms with Gasteiger partial charge in [0.1, 0.15) is 0 Å². The van der Waals surface area contributed by atoms with Crippen LogP contribution < -0.4 is 0 Å². The van der Waals surface area contributed by atoms with Gasteiger partial charge < -0.3 is 4.90 Å². The summed E-state index contributed by atoms with van der Waals surface area (Å²) < 4.78 is 2.07. The largest absolute Gasteiger partial charge is 0.303 e. The van der Waals surface area contributed by atoms with Gasteiger partial charge in [0.2, 0.25) is 0 Å². The van der Waals surface area contributed by atoms with Crippen molar-refractivity contribution >= 4 is 29.1 Å². The van der Waals surface area contributed by atoms with Crippen LogP contribution in [0.5, 0.6) is 0 Å². The Morgan fingerprint density at radius 1 is 1.23 bits per heavy atom. The molecule has 2 aromatic heterocycles. The summed E-state index contributed by atoms with van der Waals surface area (Å²) in [5.41, 5.74) is 2.96. The maximum absolute atomic E-state index is 13.3. The summed E-state index contributed by atoms with van der Waals surface area (Å²) in [5, 5.41) is 5.98. The SMILES string of the molecule is CC(C)Cn1nc2c3c(cncc31)C(=O)[C@H](C1CN3CCC1CC3)C2.Cl. The van der Waals surface area contributed by atoms with E-state index in [9.17, 15) is 4.79 Å². The lowest BCUT2D eigenvalue weighted by molar-refractivity contribution is 0.0192. The number of aromatic nitrogens is 3. The van der Waals surface area contributed by atoms with E-state index in [1.807, 2.05) is 6.20 Å².